The molecule has 7 heteroatoms. The molecule has 0 fully saturated rings. The highest BCUT2D eigenvalue weighted by Gasteiger charge is 2.30. The number of allylic oxidation sites excluding steroid dienone is 2. The number of hydrogen-bond donors (Lipinski definition) is 1. The van der Waals surface area contributed by atoms with E-state index in [1.54, 1.807) is 0 Å². The van der Waals surface area contributed by atoms with Crippen LogP contribution in [-0.2, 0) is 19.1 Å². The first-order chi connectivity index (χ1) is 13.4. The van der Waals surface area contributed by atoms with Crippen LogP contribution in [0.25, 0.3) is 11.4 Å². The van der Waals surface area contributed by atoms with Crippen molar-refractivity contribution in [2.24, 2.45) is 5.92 Å². The standard InChI is InChI=1S/C21H22F3N3O/c22-21(23,24)16-8-6-15(7-9-16)19-25-18-10-11-27(13-17(18)20(28)26-19)12-14-4-2-1-3-5-14/h1-2,6-9,14H,3-5,10-13H2,(H,25,26,28). The van der Waals surface area contributed by atoms with Crippen LogP contribution in [0.3, 0.4) is 0 Å². The van der Waals surface area contributed by atoms with Crippen molar-refractivity contribution in [3.05, 3.63) is 63.6 Å². The largest absolute Gasteiger partial charge is 0.416 e. The normalized spacial score (nSPS) is 20.2. The summed E-state index contributed by atoms with van der Waals surface area (Å²) in [5.41, 5.74) is 0.980. The van der Waals surface area contributed by atoms with Gasteiger partial charge in [-0.25, -0.2) is 4.98 Å². The minimum Gasteiger partial charge on any atom is -0.306 e. The Labute approximate surface area is 161 Å². The summed E-state index contributed by atoms with van der Waals surface area (Å²) in [6.45, 7) is 2.39. The Kier molecular flexibility index (Phi) is 5.10. The SMILES string of the molecule is O=c1[nH]c(-c2ccc(C(F)(F)F)cc2)nc2c1CN(CC1CC=CCC1)CC2. The molecular weight excluding hydrogens is 367 g/mol. The van der Waals surface area contributed by atoms with Gasteiger partial charge in [0.05, 0.1) is 16.8 Å². The van der Waals surface area contributed by atoms with Gasteiger partial charge in [-0.2, -0.15) is 13.2 Å². The zero-order valence-corrected chi connectivity index (χ0v) is 15.4. The van der Waals surface area contributed by atoms with Crippen molar-refractivity contribution in [2.45, 2.75) is 38.4 Å². The van der Waals surface area contributed by atoms with Crippen molar-refractivity contribution in [1.29, 1.82) is 0 Å². The zero-order valence-electron chi connectivity index (χ0n) is 15.4. The molecule has 0 radical (unpaired) electrons. The van der Waals surface area contributed by atoms with Gasteiger partial charge < -0.3 is 4.98 Å². The predicted molar refractivity (Wildman–Crippen MR) is 101 cm³/mol. The average molecular weight is 389 g/mol. The van der Waals surface area contributed by atoms with Gasteiger partial charge in [0.25, 0.3) is 5.56 Å². The maximum atomic E-state index is 12.7. The lowest BCUT2D eigenvalue weighted by Gasteiger charge is -2.31. The maximum absolute atomic E-state index is 12.7. The van der Waals surface area contributed by atoms with Crippen LogP contribution in [0.2, 0.25) is 0 Å². The second-order valence-corrected chi connectivity index (χ2v) is 7.55. The zero-order chi connectivity index (χ0) is 19.7. The van der Waals surface area contributed by atoms with Crippen LogP contribution >= 0.6 is 0 Å². The molecule has 1 aliphatic carbocycles. The Bertz CT molecular complexity index is 931. The number of H-pyrrole nitrogens is 1. The lowest BCUT2D eigenvalue weighted by Crippen LogP contribution is -2.38. The van der Waals surface area contributed by atoms with Gasteiger partial charge in [-0.15, -0.1) is 0 Å². The molecule has 2 aliphatic rings. The minimum atomic E-state index is -4.38. The van der Waals surface area contributed by atoms with Crippen molar-refractivity contribution in [1.82, 2.24) is 14.9 Å². The first kappa shape index (κ1) is 18.9. The maximum Gasteiger partial charge on any atom is 0.416 e. The van der Waals surface area contributed by atoms with Crippen molar-refractivity contribution in [3.8, 4) is 11.4 Å². The van der Waals surface area contributed by atoms with Gasteiger partial charge in [0.1, 0.15) is 5.82 Å². The van der Waals surface area contributed by atoms with Crippen molar-refractivity contribution < 1.29 is 13.2 Å². The Morgan fingerprint density at radius 2 is 1.96 bits per heavy atom. The third-order valence-corrected chi connectivity index (χ3v) is 5.53. The fraction of sp³-hybridized carbons (Fsp3) is 0.429. The van der Waals surface area contributed by atoms with E-state index in [-0.39, 0.29) is 5.56 Å². The molecule has 1 atom stereocenters. The number of alkyl halides is 3. The van der Waals surface area contributed by atoms with Crippen molar-refractivity contribution in [2.75, 3.05) is 13.1 Å². The van der Waals surface area contributed by atoms with E-state index in [0.717, 1.165) is 43.8 Å². The molecule has 0 bridgehead atoms. The van der Waals surface area contributed by atoms with Crippen molar-refractivity contribution in [3.63, 3.8) is 0 Å². The lowest BCUT2D eigenvalue weighted by molar-refractivity contribution is -0.137. The van der Waals surface area contributed by atoms with E-state index in [1.165, 1.54) is 18.6 Å². The summed E-state index contributed by atoms with van der Waals surface area (Å²) in [4.78, 5) is 22.2. The van der Waals surface area contributed by atoms with Crippen LogP contribution in [0, 0.1) is 5.92 Å². The summed E-state index contributed by atoms with van der Waals surface area (Å²) < 4.78 is 38.2. The molecule has 0 saturated carbocycles. The quantitative estimate of drug-likeness (QED) is 0.802. The molecule has 1 aliphatic heterocycles. The van der Waals surface area contributed by atoms with Gasteiger partial charge in [-0.1, -0.05) is 24.3 Å². The van der Waals surface area contributed by atoms with Gasteiger partial charge in [0.15, 0.2) is 0 Å². The van der Waals surface area contributed by atoms with Crippen LogP contribution < -0.4 is 5.56 Å². The molecule has 1 N–H and O–H groups in total. The summed E-state index contributed by atoms with van der Waals surface area (Å²) in [6, 6.07) is 4.71. The third-order valence-electron chi connectivity index (χ3n) is 5.53. The second kappa shape index (κ2) is 7.54. The van der Waals surface area contributed by atoms with Crippen LogP contribution in [0.5, 0.6) is 0 Å². The summed E-state index contributed by atoms with van der Waals surface area (Å²) in [6.07, 6.45) is 4.14. The van der Waals surface area contributed by atoms with Gasteiger partial charge in [-0.05, 0) is 37.3 Å². The Morgan fingerprint density at radius 3 is 2.64 bits per heavy atom. The number of halogens is 3. The van der Waals surface area contributed by atoms with Crippen LogP contribution in [0.1, 0.15) is 36.1 Å². The van der Waals surface area contributed by atoms with Crippen molar-refractivity contribution >= 4 is 0 Å². The van der Waals surface area contributed by atoms with Gasteiger partial charge in [0.2, 0.25) is 0 Å². The number of hydrogen-bond acceptors (Lipinski definition) is 3. The summed E-state index contributed by atoms with van der Waals surface area (Å²) in [5.74, 6) is 0.952. The number of fused-ring (bicyclic) bond motifs is 1. The number of benzene rings is 1. The molecule has 1 aromatic heterocycles. The lowest BCUT2D eigenvalue weighted by atomic mass is 9.93. The van der Waals surface area contributed by atoms with E-state index in [2.05, 4.69) is 27.0 Å². The fourth-order valence-corrected chi connectivity index (χ4v) is 3.98. The Balaban J connectivity index is 1.53. The number of aromatic amines is 1. The highest BCUT2D eigenvalue weighted by Crippen LogP contribution is 2.30. The highest BCUT2D eigenvalue weighted by atomic mass is 19.4. The highest BCUT2D eigenvalue weighted by molar-refractivity contribution is 5.56. The fourth-order valence-electron chi connectivity index (χ4n) is 3.98. The third kappa shape index (κ3) is 4.04. The topological polar surface area (TPSA) is 49.0 Å². The predicted octanol–water partition coefficient (Wildman–Crippen LogP) is 4.17. The van der Waals surface area contributed by atoms with Crippen LogP contribution in [0.15, 0.2) is 41.2 Å². The first-order valence-electron chi connectivity index (χ1n) is 9.57. The van der Waals surface area contributed by atoms with Crippen LogP contribution in [0.4, 0.5) is 13.2 Å². The van der Waals surface area contributed by atoms with E-state index >= 15 is 0 Å². The smallest absolute Gasteiger partial charge is 0.306 e. The number of rotatable bonds is 3. The average Bonchev–Trinajstić information content (AvgIpc) is 2.68. The second-order valence-electron chi connectivity index (χ2n) is 7.55. The van der Waals surface area contributed by atoms with E-state index in [0.29, 0.717) is 35.8 Å². The number of nitrogens with zero attached hydrogens (tertiary/aromatic N) is 2. The summed E-state index contributed by atoms with van der Waals surface area (Å²) in [7, 11) is 0. The number of nitrogens with one attached hydrogen (secondary N) is 1. The molecule has 148 valence electrons. The summed E-state index contributed by atoms with van der Waals surface area (Å²) >= 11 is 0. The first-order valence-corrected chi connectivity index (χ1v) is 9.57. The molecule has 4 rings (SSSR count). The van der Waals surface area contributed by atoms with Gasteiger partial charge in [0, 0.05) is 31.6 Å². The molecule has 1 unspecified atom stereocenters. The number of aromatic nitrogens is 2. The molecule has 4 nitrogen and oxygen atoms in total. The monoisotopic (exact) mass is 389 g/mol. The molecule has 2 heterocycles. The Hall–Kier alpha value is -2.41. The minimum absolute atomic E-state index is 0.201. The van der Waals surface area contributed by atoms with E-state index in [1.807, 2.05) is 0 Å². The molecule has 2 aromatic rings. The van der Waals surface area contributed by atoms with Crippen LogP contribution in [-0.4, -0.2) is 28.0 Å². The van der Waals surface area contributed by atoms with Gasteiger partial charge in [-0.3, -0.25) is 9.69 Å². The molecule has 0 spiro atoms. The Morgan fingerprint density at radius 1 is 1.18 bits per heavy atom. The summed E-state index contributed by atoms with van der Waals surface area (Å²) in [5, 5.41) is 0. The molecule has 0 amide bonds. The molecular formula is C21H22F3N3O. The van der Waals surface area contributed by atoms with E-state index < -0.39 is 11.7 Å². The van der Waals surface area contributed by atoms with E-state index in [4.69, 9.17) is 0 Å². The molecule has 0 saturated heterocycles. The van der Waals surface area contributed by atoms with Gasteiger partial charge >= 0.3 is 6.18 Å². The molecule has 28 heavy (non-hydrogen) atoms. The molecule has 1 aromatic carbocycles. The van der Waals surface area contributed by atoms with E-state index in [9.17, 15) is 18.0 Å².